The van der Waals surface area contributed by atoms with Crippen molar-refractivity contribution in [3.8, 4) is 11.5 Å². The zero-order valence-electron chi connectivity index (χ0n) is 10.9. The third-order valence-corrected chi connectivity index (χ3v) is 2.86. The largest absolute Gasteiger partial charge is 0.456 e. The second kappa shape index (κ2) is 5.50. The summed E-state index contributed by atoms with van der Waals surface area (Å²) in [6.45, 7) is 3.54. The molecule has 3 nitrogen and oxygen atoms in total. The predicted octanol–water partition coefficient (Wildman–Crippen LogP) is 3.40. The molecule has 0 amide bonds. The van der Waals surface area contributed by atoms with Gasteiger partial charge in [0.2, 0.25) is 0 Å². The maximum atomic E-state index is 13.2. The standard InChI is InChI=1S/C14H12F2N2OS/c1-7-5-12(13(14(17)20)8(2)18-7)19-9-3-4-10(15)11(16)6-9/h3-6H,1-2H3,(H2,17,20). The second-order valence-electron chi connectivity index (χ2n) is 4.26. The van der Waals surface area contributed by atoms with Crippen LogP contribution in [0.2, 0.25) is 0 Å². The first-order valence-corrected chi connectivity index (χ1v) is 6.20. The molecule has 6 heteroatoms. The lowest BCUT2D eigenvalue weighted by atomic mass is 10.1. The summed E-state index contributed by atoms with van der Waals surface area (Å²) in [4.78, 5) is 4.38. The zero-order chi connectivity index (χ0) is 14.9. The van der Waals surface area contributed by atoms with Crippen LogP contribution in [0.5, 0.6) is 11.5 Å². The Kier molecular flexibility index (Phi) is 3.94. The van der Waals surface area contributed by atoms with Crippen molar-refractivity contribution in [2.75, 3.05) is 0 Å². The summed E-state index contributed by atoms with van der Waals surface area (Å²) in [6, 6.07) is 4.92. The van der Waals surface area contributed by atoms with Gasteiger partial charge in [0, 0.05) is 17.8 Å². The molecule has 20 heavy (non-hydrogen) atoms. The van der Waals surface area contributed by atoms with E-state index >= 15 is 0 Å². The molecule has 0 bridgehead atoms. The van der Waals surface area contributed by atoms with E-state index in [0.29, 0.717) is 22.7 Å². The van der Waals surface area contributed by atoms with Gasteiger partial charge in [-0.15, -0.1) is 0 Å². The minimum absolute atomic E-state index is 0.132. The van der Waals surface area contributed by atoms with Gasteiger partial charge in [-0.3, -0.25) is 4.98 Å². The van der Waals surface area contributed by atoms with E-state index in [9.17, 15) is 8.78 Å². The van der Waals surface area contributed by atoms with Crippen LogP contribution in [0.1, 0.15) is 17.0 Å². The number of pyridine rings is 1. The van der Waals surface area contributed by atoms with Crippen LogP contribution in [0.3, 0.4) is 0 Å². The molecule has 0 radical (unpaired) electrons. The van der Waals surface area contributed by atoms with Crippen molar-refractivity contribution in [1.82, 2.24) is 4.98 Å². The van der Waals surface area contributed by atoms with Gasteiger partial charge in [0.15, 0.2) is 11.6 Å². The van der Waals surface area contributed by atoms with Crippen LogP contribution in [-0.4, -0.2) is 9.97 Å². The Morgan fingerprint density at radius 1 is 1.20 bits per heavy atom. The molecular weight excluding hydrogens is 282 g/mol. The highest BCUT2D eigenvalue weighted by molar-refractivity contribution is 7.80. The summed E-state index contributed by atoms with van der Waals surface area (Å²) in [7, 11) is 0. The van der Waals surface area contributed by atoms with E-state index in [1.165, 1.54) is 6.07 Å². The highest BCUT2D eigenvalue weighted by Crippen LogP contribution is 2.28. The number of rotatable bonds is 3. The Balaban J connectivity index is 2.47. The van der Waals surface area contributed by atoms with E-state index in [0.717, 1.165) is 12.1 Å². The Bertz CT molecular complexity index is 689. The average molecular weight is 294 g/mol. The van der Waals surface area contributed by atoms with Crippen molar-refractivity contribution in [2.24, 2.45) is 5.73 Å². The lowest BCUT2D eigenvalue weighted by Crippen LogP contribution is -2.14. The van der Waals surface area contributed by atoms with Crippen LogP contribution in [0.4, 0.5) is 8.78 Å². The van der Waals surface area contributed by atoms with E-state index in [1.807, 2.05) is 0 Å². The lowest BCUT2D eigenvalue weighted by Gasteiger charge is -2.13. The van der Waals surface area contributed by atoms with Gasteiger partial charge in [-0.1, -0.05) is 12.2 Å². The Morgan fingerprint density at radius 2 is 1.90 bits per heavy atom. The smallest absolute Gasteiger partial charge is 0.162 e. The number of ether oxygens (including phenoxy) is 1. The van der Waals surface area contributed by atoms with Crippen LogP contribution < -0.4 is 10.5 Å². The first kappa shape index (κ1) is 14.3. The highest BCUT2D eigenvalue weighted by Gasteiger charge is 2.14. The number of aryl methyl sites for hydroxylation is 2. The number of thiocarbonyl (C=S) groups is 1. The molecule has 0 aliphatic carbocycles. The molecule has 1 heterocycles. The van der Waals surface area contributed by atoms with Crippen LogP contribution >= 0.6 is 12.2 Å². The maximum Gasteiger partial charge on any atom is 0.162 e. The molecule has 0 aliphatic heterocycles. The monoisotopic (exact) mass is 294 g/mol. The van der Waals surface area contributed by atoms with Gasteiger partial charge in [-0.2, -0.15) is 0 Å². The fraction of sp³-hybridized carbons (Fsp3) is 0.143. The van der Waals surface area contributed by atoms with E-state index in [4.69, 9.17) is 22.7 Å². The van der Waals surface area contributed by atoms with Crippen molar-refractivity contribution in [3.05, 3.63) is 52.9 Å². The quantitative estimate of drug-likeness (QED) is 0.881. The second-order valence-corrected chi connectivity index (χ2v) is 4.70. The van der Waals surface area contributed by atoms with E-state index in [1.54, 1.807) is 19.9 Å². The molecule has 0 fully saturated rings. The van der Waals surface area contributed by atoms with Crippen LogP contribution in [0.15, 0.2) is 24.3 Å². The van der Waals surface area contributed by atoms with Crippen molar-refractivity contribution in [1.29, 1.82) is 0 Å². The van der Waals surface area contributed by atoms with Gasteiger partial charge < -0.3 is 10.5 Å². The molecule has 0 unspecified atom stereocenters. The number of hydrogen-bond acceptors (Lipinski definition) is 3. The van der Waals surface area contributed by atoms with Crippen molar-refractivity contribution >= 4 is 17.2 Å². The normalized spacial score (nSPS) is 10.4. The molecule has 0 aliphatic rings. The summed E-state index contributed by atoms with van der Waals surface area (Å²) < 4.78 is 31.6. The molecule has 104 valence electrons. The Morgan fingerprint density at radius 3 is 2.50 bits per heavy atom. The van der Waals surface area contributed by atoms with Crippen LogP contribution in [0, 0.1) is 25.5 Å². The first-order valence-electron chi connectivity index (χ1n) is 5.79. The molecule has 2 aromatic rings. The third kappa shape index (κ3) is 2.91. The zero-order valence-corrected chi connectivity index (χ0v) is 11.7. The molecular formula is C14H12F2N2OS. The number of halogens is 2. The maximum absolute atomic E-state index is 13.2. The van der Waals surface area contributed by atoms with Gasteiger partial charge >= 0.3 is 0 Å². The van der Waals surface area contributed by atoms with Gasteiger partial charge in [0.25, 0.3) is 0 Å². The molecule has 0 saturated carbocycles. The van der Waals surface area contributed by atoms with Gasteiger partial charge in [-0.05, 0) is 26.0 Å². The summed E-state index contributed by atoms with van der Waals surface area (Å²) in [5.74, 6) is -1.39. The first-order chi connectivity index (χ1) is 9.38. The third-order valence-electron chi connectivity index (χ3n) is 2.66. The summed E-state index contributed by atoms with van der Waals surface area (Å²) >= 11 is 4.97. The van der Waals surface area contributed by atoms with Crippen molar-refractivity contribution in [3.63, 3.8) is 0 Å². The number of aromatic nitrogens is 1. The number of nitrogens with two attached hydrogens (primary N) is 1. The molecule has 0 spiro atoms. The van der Waals surface area contributed by atoms with Crippen LogP contribution in [-0.2, 0) is 0 Å². The topological polar surface area (TPSA) is 48.1 Å². The van der Waals surface area contributed by atoms with Crippen LogP contribution in [0.25, 0.3) is 0 Å². The van der Waals surface area contributed by atoms with Gasteiger partial charge in [0.1, 0.15) is 16.5 Å². The molecule has 0 atom stereocenters. The Hall–Kier alpha value is -2.08. The van der Waals surface area contributed by atoms with Gasteiger partial charge in [-0.25, -0.2) is 8.78 Å². The fourth-order valence-electron chi connectivity index (χ4n) is 1.84. The lowest BCUT2D eigenvalue weighted by molar-refractivity contribution is 0.459. The van der Waals surface area contributed by atoms with E-state index in [2.05, 4.69) is 4.98 Å². The van der Waals surface area contributed by atoms with E-state index in [-0.39, 0.29) is 10.7 Å². The molecule has 2 N–H and O–H groups in total. The molecule has 1 aromatic carbocycles. The highest BCUT2D eigenvalue weighted by atomic mass is 32.1. The number of nitrogens with zero attached hydrogens (tertiary/aromatic N) is 1. The number of hydrogen-bond donors (Lipinski definition) is 1. The fourth-order valence-corrected chi connectivity index (χ4v) is 2.09. The minimum Gasteiger partial charge on any atom is -0.456 e. The minimum atomic E-state index is -0.984. The molecule has 1 aromatic heterocycles. The summed E-state index contributed by atoms with van der Waals surface area (Å²) in [6.07, 6.45) is 0. The predicted molar refractivity (Wildman–Crippen MR) is 76.0 cm³/mol. The van der Waals surface area contributed by atoms with Gasteiger partial charge in [0.05, 0.1) is 11.3 Å². The van der Waals surface area contributed by atoms with Crippen molar-refractivity contribution in [2.45, 2.75) is 13.8 Å². The number of benzene rings is 1. The summed E-state index contributed by atoms with van der Waals surface area (Å²) in [5.41, 5.74) is 7.46. The van der Waals surface area contributed by atoms with Crippen molar-refractivity contribution < 1.29 is 13.5 Å². The molecule has 0 saturated heterocycles. The SMILES string of the molecule is Cc1cc(Oc2ccc(F)c(F)c2)c(C(N)=S)c(C)n1. The molecule has 2 rings (SSSR count). The Labute approximate surface area is 120 Å². The van der Waals surface area contributed by atoms with E-state index < -0.39 is 11.6 Å². The summed E-state index contributed by atoms with van der Waals surface area (Å²) in [5, 5.41) is 0. The average Bonchev–Trinajstić information content (AvgIpc) is 2.32.